The zero-order valence-electron chi connectivity index (χ0n) is 12.2. The molecule has 2 rings (SSSR count). The Kier molecular flexibility index (Phi) is 5.21. The van der Waals surface area contributed by atoms with Gasteiger partial charge in [-0.2, -0.15) is 0 Å². The predicted molar refractivity (Wildman–Crippen MR) is 80.2 cm³/mol. The number of ether oxygens (including phenoxy) is 3. The van der Waals surface area contributed by atoms with Gasteiger partial charge in [-0.05, 0) is 38.1 Å². The van der Waals surface area contributed by atoms with Gasteiger partial charge in [-0.3, -0.25) is 0 Å². The molecule has 0 unspecified atom stereocenters. The molecule has 0 amide bonds. The van der Waals surface area contributed by atoms with Crippen molar-refractivity contribution in [1.82, 2.24) is 0 Å². The highest BCUT2D eigenvalue weighted by Gasteiger charge is 2.12. The lowest BCUT2D eigenvalue weighted by atomic mass is 10.2. The summed E-state index contributed by atoms with van der Waals surface area (Å²) in [6.07, 6.45) is 0. The molecular formula is C17H18O4. The van der Waals surface area contributed by atoms with Crippen LogP contribution in [0.5, 0.6) is 17.2 Å². The first-order valence-electron chi connectivity index (χ1n) is 6.90. The van der Waals surface area contributed by atoms with Gasteiger partial charge in [0.1, 0.15) is 17.2 Å². The Morgan fingerprint density at radius 3 is 1.95 bits per heavy atom. The molecule has 0 saturated heterocycles. The largest absolute Gasteiger partial charge is 0.494 e. The van der Waals surface area contributed by atoms with Gasteiger partial charge in [-0.1, -0.05) is 18.2 Å². The molecule has 0 aliphatic carbocycles. The first-order valence-corrected chi connectivity index (χ1v) is 6.90. The second-order valence-electron chi connectivity index (χ2n) is 4.26. The van der Waals surface area contributed by atoms with E-state index >= 15 is 0 Å². The summed E-state index contributed by atoms with van der Waals surface area (Å²) in [4.78, 5) is 12.2. The molecule has 4 heteroatoms. The number of hydrogen-bond acceptors (Lipinski definition) is 4. The molecule has 0 aromatic heterocycles. The van der Waals surface area contributed by atoms with Crippen molar-refractivity contribution in [2.24, 2.45) is 0 Å². The van der Waals surface area contributed by atoms with Crippen molar-refractivity contribution in [3.63, 3.8) is 0 Å². The van der Waals surface area contributed by atoms with E-state index in [-0.39, 0.29) is 0 Å². The maximum Gasteiger partial charge on any atom is 0.343 e. The molecule has 0 aliphatic rings. The topological polar surface area (TPSA) is 44.8 Å². The third-order valence-corrected chi connectivity index (χ3v) is 2.69. The predicted octanol–water partition coefficient (Wildman–Crippen LogP) is 3.70. The van der Waals surface area contributed by atoms with Crippen molar-refractivity contribution < 1.29 is 19.0 Å². The molecule has 2 aromatic rings. The quantitative estimate of drug-likeness (QED) is 0.600. The van der Waals surface area contributed by atoms with Gasteiger partial charge in [0.05, 0.1) is 18.8 Å². The smallest absolute Gasteiger partial charge is 0.343 e. The Morgan fingerprint density at radius 1 is 0.857 bits per heavy atom. The SMILES string of the molecule is CCOc1cc(OCC)cc(C(=O)Oc2ccccc2)c1. The van der Waals surface area contributed by atoms with E-state index in [9.17, 15) is 4.79 Å². The van der Waals surface area contributed by atoms with E-state index in [1.54, 1.807) is 30.3 Å². The van der Waals surface area contributed by atoms with E-state index in [1.165, 1.54) is 0 Å². The average molecular weight is 286 g/mol. The first kappa shape index (κ1) is 14.9. The van der Waals surface area contributed by atoms with Gasteiger partial charge in [-0.15, -0.1) is 0 Å². The van der Waals surface area contributed by atoms with Crippen molar-refractivity contribution in [1.29, 1.82) is 0 Å². The number of rotatable bonds is 6. The second kappa shape index (κ2) is 7.33. The molecule has 0 N–H and O–H groups in total. The molecule has 0 radical (unpaired) electrons. The summed E-state index contributed by atoms with van der Waals surface area (Å²) in [6.45, 7) is 4.80. The number of esters is 1. The molecule has 0 spiro atoms. The highest BCUT2D eigenvalue weighted by molar-refractivity contribution is 5.92. The maximum atomic E-state index is 12.2. The van der Waals surface area contributed by atoms with Crippen molar-refractivity contribution in [3.8, 4) is 17.2 Å². The lowest BCUT2D eigenvalue weighted by Crippen LogP contribution is -2.09. The van der Waals surface area contributed by atoms with E-state index in [1.807, 2.05) is 32.0 Å². The molecule has 0 aliphatic heterocycles. The minimum atomic E-state index is -0.441. The molecule has 110 valence electrons. The van der Waals surface area contributed by atoms with E-state index in [4.69, 9.17) is 14.2 Å². The Balaban J connectivity index is 2.22. The number of benzene rings is 2. The van der Waals surface area contributed by atoms with Gasteiger partial charge in [0.25, 0.3) is 0 Å². The van der Waals surface area contributed by atoms with E-state index in [0.717, 1.165) is 0 Å². The van der Waals surface area contributed by atoms with E-state index < -0.39 is 5.97 Å². The molecule has 0 heterocycles. The van der Waals surface area contributed by atoms with Gasteiger partial charge in [0.15, 0.2) is 0 Å². The fourth-order valence-corrected chi connectivity index (χ4v) is 1.84. The highest BCUT2D eigenvalue weighted by Crippen LogP contribution is 2.24. The summed E-state index contributed by atoms with van der Waals surface area (Å²) in [6, 6.07) is 14.0. The Hall–Kier alpha value is -2.49. The monoisotopic (exact) mass is 286 g/mol. The second-order valence-corrected chi connectivity index (χ2v) is 4.26. The molecule has 4 nitrogen and oxygen atoms in total. The first-order chi connectivity index (χ1) is 10.2. The Labute approximate surface area is 124 Å². The molecule has 0 atom stereocenters. The van der Waals surface area contributed by atoms with Crippen LogP contribution in [0, 0.1) is 0 Å². The summed E-state index contributed by atoms with van der Waals surface area (Å²) in [5, 5.41) is 0. The summed E-state index contributed by atoms with van der Waals surface area (Å²) in [7, 11) is 0. The summed E-state index contributed by atoms with van der Waals surface area (Å²) in [5.41, 5.74) is 0.397. The number of carbonyl (C=O) groups excluding carboxylic acids is 1. The fourth-order valence-electron chi connectivity index (χ4n) is 1.84. The highest BCUT2D eigenvalue weighted by atomic mass is 16.5. The van der Waals surface area contributed by atoms with Crippen LogP contribution in [0.4, 0.5) is 0 Å². The molecule has 2 aromatic carbocycles. The third-order valence-electron chi connectivity index (χ3n) is 2.69. The van der Waals surface area contributed by atoms with Crippen LogP contribution >= 0.6 is 0 Å². The van der Waals surface area contributed by atoms with E-state index in [2.05, 4.69) is 0 Å². The minimum Gasteiger partial charge on any atom is -0.494 e. The zero-order chi connectivity index (χ0) is 15.1. The van der Waals surface area contributed by atoms with Gasteiger partial charge >= 0.3 is 5.97 Å². The normalized spacial score (nSPS) is 10.0. The van der Waals surface area contributed by atoms with Gasteiger partial charge < -0.3 is 14.2 Å². The molecule has 0 saturated carbocycles. The van der Waals surface area contributed by atoms with Gasteiger partial charge in [-0.25, -0.2) is 4.79 Å². The zero-order valence-corrected chi connectivity index (χ0v) is 12.2. The van der Waals surface area contributed by atoms with Crippen molar-refractivity contribution in [2.75, 3.05) is 13.2 Å². The average Bonchev–Trinajstić information content (AvgIpc) is 2.49. The van der Waals surface area contributed by atoms with E-state index in [0.29, 0.717) is 36.0 Å². The standard InChI is InChI=1S/C17H18O4/c1-3-19-15-10-13(11-16(12-15)20-4-2)17(18)21-14-8-6-5-7-9-14/h5-12H,3-4H2,1-2H3. The van der Waals surface area contributed by atoms with Crippen molar-refractivity contribution in [2.45, 2.75) is 13.8 Å². The lowest BCUT2D eigenvalue weighted by Gasteiger charge is -2.10. The van der Waals surface area contributed by atoms with Crippen LogP contribution in [0.15, 0.2) is 48.5 Å². The summed E-state index contributed by atoms with van der Waals surface area (Å²) >= 11 is 0. The number of hydrogen-bond donors (Lipinski definition) is 0. The Bertz CT molecular complexity index is 569. The third kappa shape index (κ3) is 4.24. The van der Waals surface area contributed by atoms with Crippen LogP contribution in [0.2, 0.25) is 0 Å². The molecule has 21 heavy (non-hydrogen) atoms. The summed E-state index contributed by atoms with van der Waals surface area (Å²) in [5.74, 6) is 1.23. The van der Waals surface area contributed by atoms with Gasteiger partial charge in [0.2, 0.25) is 0 Å². The fraction of sp³-hybridized carbons (Fsp3) is 0.235. The number of para-hydroxylation sites is 1. The van der Waals surface area contributed by atoms with Crippen LogP contribution < -0.4 is 14.2 Å². The van der Waals surface area contributed by atoms with Gasteiger partial charge in [0, 0.05) is 6.07 Å². The van der Waals surface area contributed by atoms with Crippen LogP contribution in [0.1, 0.15) is 24.2 Å². The number of carbonyl (C=O) groups is 1. The van der Waals surface area contributed by atoms with Crippen molar-refractivity contribution >= 4 is 5.97 Å². The lowest BCUT2D eigenvalue weighted by molar-refractivity contribution is 0.0733. The van der Waals surface area contributed by atoms with Crippen LogP contribution in [0.3, 0.4) is 0 Å². The maximum absolute atomic E-state index is 12.2. The van der Waals surface area contributed by atoms with Crippen LogP contribution in [-0.2, 0) is 0 Å². The summed E-state index contributed by atoms with van der Waals surface area (Å²) < 4.78 is 16.2. The molecular weight excluding hydrogens is 268 g/mol. The Morgan fingerprint density at radius 2 is 1.43 bits per heavy atom. The minimum absolute atomic E-state index is 0.397. The molecule has 0 fully saturated rings. The van der Waals surface area contributed by atoms with Crippen molar-refractivity contribution in [3.05, 3.63) is 54.1 Å². The molecule has 0 bridgehead atoms. The van der Waals surface area contributed by atoms with Crippen LogP contribution in [-0.4, -0.2) is 19.2 Å². The van der Waals surface area contributed by atoms with Crippen LogP contribution in [0.25, 0.3) is 0 Å².